The highest BCUT2D eigenvalue weighted by Crippen LogP contribution is 2.28. The second-order valence-electron chi connectivity index (χ2n) is 1.99. The summed E-state index contributed by atoms with van der Waals surface area (Å²) in [6.07, 6.45) is 0.321. The molecule has 0 aromatic carbocycles. The van der Waals surface area contributed by atoms with E-state index in [1.807, 2.05) is 6.92 Å². The monoisotopic (exact) mass is 171 g/mol. The molecule has 1 rings (SSSR count). The Morgan fingerprint density at radius 2 is 2.55 bits per heavy atom. The van der Waals surface area contributed by atoms with Crippen molar-refractivity contribution in [2.45, 2.75) is 18.3 Å². The molecule has 0 spiro atoms. The van der Waals surface area contributed by atoms with E-state index in [-0.39, 0.29) is 0 Å². The van der Waals surface area contributed by atoms with Crippen molar-refractivity contribution in [3.63, 3.8) is 0 Å². The molecule has 6 heteroatoms. The lowest BCUT2D eigenvalue weighted by molar-refractivity contribution is 0.497. The van der Waals surface area contributed by atoms with Crippen LogP contribution in [0.2, 0.25) is 0 Å². The van der Waals surface area contributed by atoms with E-state index in [9.17, 15) is 0 Å². The number of rotatable bonds is 3. The van der Waals surface area contributed by atoms with Gasteiger partial charge in [0, 0.05) is 0 Å². The topological polar surface area (TPSA) is 72.6 Å². The fraction of sp³-hybridized carbons (Fsp3) is 0.800. The molecule has 0 amide bonds. The molecule has 0 radical (unpaired) electrons. The molecule has 1 heterocycles. The predicted molar refractivity (Wildman–Crippen MR) is 42.2 cm³/mol. The van der Waals surface area contributed by atoms with Crippen molar-refractivity contribution in [1.29, 1.82) is 5.26 Å². The average molecular weight is 171 g/mol. The van der Waals surface area contributed by atoms with Crippen molar-refractivity contribution in [2.24, 2.45) is 10.3 Å². The summed E-state index contributed by atoms with van der Waals surface area (Å²) in [7, 11) is 0. The van der Waals surface area contributed by atoms with Crippen molar-refractivity contribution in [2.75, 3.05) is 5.75 Å². The molecular weight excluding hydrogens is 162 g/mol. The third kappa shape index (κ3) is 1.82. The van der Waals surface area contributed by atoms with Gasteiger partial charge >= 0.3 is 0 Å². The van der Waals surface area contributed by atoms with Gasteiger partial charge in [0.25, 0.3) is 0 Å². The number of thioether (sulfide) groups is 1. The molecule has 0 saturated carbocycles. The van der Waals surface area contributed by atoms with Gasteiger partial charge in [0.1, 0.15) is 0 Å². The highest BCUT2D eigenvalue weighted by atomic mass is 32.2. The van der Waals surface area contributed by atoms with Crippen molar-refractivity contribution in [3.8, 4) is 6.07 Å². The maximum absolute atomic E-state index is 8.49. The fourth-order valence-electron chi connectivity index (χ4n) is 0.785. The summed E-state index contributed by atoms with van der Waals surface area (Å²) in [6.45, 7) is 2.01. The van der Waals surface area contributed by atoms with E-state index < -0.39 is 4.99 Å². The van der Waals surface area contributed by atoms with Crippen LogP contribution in [-0.4, -0.2) is 10.7 Å². The van der Waals surface area contributed by atoms with Gasteiger partial charge in [-0.1, -0.05) is 12.1 Å². The first-order valence-corrected chi connectivity index (χ1v) is 4.26. The number of hydrogen-bond donors (Lipinski definition) is 2. The van der Waals surface area contributed by atoms with Crippen molar-refractivity contribution >= 4 is 11.8 Å². The molecule has 11 heavy (non-hydrogen) atoms. The minimum atomic E-state index is -0.552. The van der Waals surface area contributed by atoms with E-state index in [1.165, 1.54) is 0 Å². The first-order valence-electron chi connectivity index (χ1n) is 3.28. The molecule has 0 saturated heterocycles. The van der Waals surface area contributed by atoms with Gasteiger partial charge in [-0.25, -0.2) is 5.53 Å². The van der Waals surface area contributed by atoms with E-state index in [4.69, 9.17) is 5.26 Å². The number of hydrazine groups is 1. The van der Waals surface area contributed by atoms with Crippen LogP contribution in [0, 0.1) is 11.3 Å². The largest absolute Gasteiger partial charge is 0.221 e. The third-order valence-corrected chi connectivity index (χ3v) is 2.31. The molecule has 1 aliphatic rings. The summed E-state index contributed by atoms with van der Waals surface area (Å²) >= 11 is 1.55. The van der Waals surface area contributed by atoms with E-state index in [2.05, 4.69) is 27.4 Å². The highest BCUT2D eigenvalue weighted by molar-refractivity contribution is 8.00. The molecule has 0 fully saturated rings. The van der Waals surface area contributed by atoms with Gasteiger partial charge in [0.15, 0.2) is 0 Å². The standard InChI is InChI=1S/C5H9N5S/c1-2-11-5(3-4-6)7-9-10-8-5/h2-3H2,1H3,(H,7,10)(H,8,9). The predicted octanol–water partition coefficient (Wildman–Crippen LogP) is 0.782. The van der Waals surface area contributed by atoms with E-state index in [0.29, 0.717) is 6.42 Å². The molecular formula is C5H9N5S. The van der Waals surface area contributed by atoms with Crippen LogP contribution in [0.1, 0.15) is 13.3 Å². The SMILES string of the molecule is CCSC1(CC#N)N=NNN1. The Balaban J connectivity index is 2.57. The lowest BCUT2D eigenvalue weighted by atomic mass is 10.4. The van der Waals surface area contributed by atoms with Gasteiger partial charge in [-0.15, -0.1) is 16.9 Å². The molecule has 2 N–H and O–H groups in total. The van der Waals surface area contributed by atoms with E-state index in [1.54, 1.807) is 11.8 Å². The second-order valence-corrected chi connectivity index (χ2v) is 3.53. The first kappa shape index (κ1) is 8.30. The average Bonchev–Trinajstić information content (AvgIpc) is 2.39. The Morgan fingerprint density at radius 1 is 1.73 bits per heavy atom. The molecule has 1 atom stereocenters. The summed E-state index contributed by atoms with van der Waals surface area (Å²) < 4.78 is 0. The van der Waals surface area contributed by atoms with Gasteiger partial charge in [-0.3, -0.25) is 0 Å². The number of nitriles is 1. The molecule has 0 aromatic rings. The van der Waals surface area contributed by atoms with Gasteiger partial charge < -0.3 is 0 Å². The molecule has 0 aliphatic carbocycles. The number of nitrogens with zero attached hydrogens (tertiary/aromatic N) is 3. The Labute approximate surface area is 69.2 Å². The summed E-state index contributed by atoms with van der Waals surface area (Å²) in [5.74, 6) is 0.898. The van der Waals surface area contributed by atoms with E-state index >= 15 is 0 Å². The lowest BCUT2D eigenvalue weighted by Gasteiger charge is -2.18. The van der Waals surface area contributed by atoms with Crippen LogP contribution in [0.3, 0.4) is 0 Å². The number of nitrogens with one attached hydrogen (secondary N) is 2. The Hall–Kier alpha value is -0.800. The van der Waals surface area contributed by atoms with Crippen LogP contribution < -0.4 is 11.0 Å². The lowest BCUT2D eigenvalue weighted by Crippen LogP contribution is -2.41. The maximum atomic E-state index is 8.49. The zero-order valence-corrected chi connectivity index (χ0v) is 6.98. The van der Waals surface area contributed by atoms with E-state index in [0.717, 1.165) is 5.75 Å². The third-order valence-electron chi connectivity index (χ3n) is 1.21. The highest BCUT2D eigenvalue weighted by Gasteiger charge is 2.32. The zero-order valence-electron chi connectivity index (χ0n) is 6.16. The Morgan fingerprint density at radius 3 is 3.00 bits per heavy atom. The van der Waals surface area contributed by atoms with Crippen molar-refractivity contribution in [3.05, 3.63) is 0 Å². The van der Waals surface area contributed by atoms with Crippen LogP contribution in [0.4, 0.5) is 0 Å². The Kier molecular flexibility index (Phi) is 2.68. The molecule has 60 valence electrons. The van der Waals surface area contributed by atoms with Gasteiger partial charge in [0.05, 0.1) is 12.5 Å². The minimum absolute atomic E-state index is 0.321. The van der Waals surface area contributed by atoms with Crippen LogP contribution in [-0.2, 0) is 0 Å². The molecule has 1 aliphatic heterocycles. The quantitative estimate of drug-likeness (QED) is 0.658. The van der Waals surface area contributed by atoms with Gasteiger partial charge in [0.2, 0.25) is 4.99 Å². The van der Waals surface area contributed by atoms with Crippen molar-refractivity contribution < 1.29 is 0 Å². The molecule has 0 aromatic heterocycles. The summed E-state index contributed by atoms with van der Waals surface area (Å²) in [4.78, 5) is -0.552. The minimum Gasteiger partial charge on any atom is -0.221 e. The number of hydrogen-bond acceptors (Lipinski definition) is 6. The van der Waals surface area contributed by atoms with Crippen molar-refractivity contribution in [1.82, 2.24) is 11.0 Å². The van der Waals surface area contributed by atoms with Crippen LogP contribution in [0.25, 0.3) is 0 Å². The second kappa shape index (κ2) is 3.55. The van der Waals surface area contributed by atoms with Crippen LogP contribution in [0.5, 0.6) is 0 Å². The fourth-order valence-corrected chi connectivity index (χ4v) is 1.65. The van der Waals surface area contributed by atoms with Gasteiger partial charge in [-0.05, 0) is 5.75 Å². The maximum Gasteiger partial charge on any atom is 0.210 e. The first-order chi connectivity index (χ1) is 5.33. The van der Waals surface area contributed by atoms with Crippen LogP contribution in [0.15, 0.2) is 10.3 Å². The smallest absolute Gasteiger partial charge is 0.210 e. The Bertz CT molecular complexity index is 198. The molecule has 1 unspecified atom stereocenters. The van der Waals surface area contributed by atoms with Crippen LogP contribution >= 0.6 is 11.8 Å². The molecule has 5 nitrogen and oxygen atoms in total. The van der Waals surface area contributed by atoms with Gasteiger partial charge in [-0.2, -0.15) is 10.7 Å². The normalized spacial score (nSPS) is 28.0. The zero-order chi connectivity index (χ0) is 8.16. The summed E-state index contributed by atoms with van der Waals surface area (Å²) in [5, 5.41) is 15.9. The summed E-state index contributed by atoms with van der Waals surface area (Å²) in [5.41, 5.74) is 5.35. The molecule has 0 bridgehead atoms. The summed E-state index contributed by atoms with van der Waals surface area (Å²) in [6, 6.07) is 2.06.